The third-order valence-corrected chi connectivity index (χ3v) is 4.65. The van der Waals surface area contributed by atoms with Crippen LogP contribution in [0.4, 0.5) is 0 Å². The van der Waals surface area contributed by atoms with Crippen molar-refractivity contribution in [2.75, 3.05) is 20.3 Å². The van der Waals surface area contributed by atoms with E-state index in [4.69, 9.17) is 4.74 Å². The summed E-state index contributed by atoms with van der Waals surface area (Å²) in [4.78, 5) is 0. The lowest BCUT2D eigenvalue weighted by Crippen LogP contribution is -2.50. The second kappa shape index (κ2) is 7.61. The van der Waals surface area contributed by atoms with E-state index in [0.717, 1.165) is 32.5 Å². The van der Waals surface area contributed by atoms with Crippen LogP contribution in [0, 0.1) is 0 Å². The van der Waals surface area contributed by atoms with Crippen LogP contribution in [0.3, 0.4) is 0 Å². The Morgan fingerprint density at radius 2 is 2.00 bits per heavy atom. The Kier molecular flexibility index (Phi) is 5.81. The first kappa shape index (κ1) is 15.3. The maximum atomic E-state index is 5.62. The summed E-state index contributed by atoms with van der Waals surface area (Å²) in [6.07, 6.45) is 7.72. The predicted molar refractivity (Wildman–Crippen MR) is 85.1 cm³/mol. The standard InChI is InChI=1S/C18H27NO/c1-3-4-6-11-17(19-2)18(12-14-20-15-13-18)16-9-7-5-8-10-16/h3,5,7-10,17,19H,1,4,6,11-15H2,2H3. The molecule has 0 radical (unpaired) electrons. The van der Waals surface area contributed by atoms with Crippen LogP contribution in [-0.2, 0) is 10.2 Å². The number of benzene rings is 1. The summed E-state index contributed by atoms with van der Waals surface area (Å²) in [5.41, 5.74) is 1.68. The van der Waals surface area contributed by atoms with Crippen molar-refractivity contribution in [1.29, 1.82) is 0 Å². The number of hydrogen-bond donors (Lipinski definition) is 1. The van der Waals surface area contributed by atoms with Gasteiger partial charge in [-0.25, -0.2) is 0 Å². The lowest BCUT2D eigenvalue weighted by molar-refractivity contribution is 0.0339. The van der Waals surface area contributed by atoms with Crippen molar-refractivity contribution in [3.05, 3.63) is 48.6 Å². The average Bonchev–Trinajstić information content (AvgIpc) is 2.53. The Morgan fingerprint density at radius 3 is 2.60 bits per heavy atom. The highest BCUT2D eigenvalue weighted by Gasteiger charge is 2.40. The van der Waals surface area contributed by atoms with Gasteiger partial charge in [0.05, 0.1) is 0 Å². The summed E-state index contributed by atoms with van der Waals surface area (Å²) >= 11 is 0. The molecule has 2 nitrogen and oxygen atoms in total. The Morgan fingerprint density at radius 1 is 1.30 bits per heavy atom. The van der Waals surface area contributed by atoms with Crippen LogP contribution >= 0.6 is 0 Å². The van der Waals surface area contributed by atoms with Crippen LogP contribution in [0.2, 0.25) is 0 Å². The largest absolute Gasteiger partial charge is 0.381 e. The summed E-state index contributed by atoms with van der Waals surface area (Å²) < 4.78 is 5.62. The highest BCUT2D eigenvalue weighted by Crippen LogP contribution is 2.39. The fraction of sp³-hybridized carbons (Fsp3) is 0.556. The van der Waals surface area contributed by atoms with E-state index < -0.39 is 0 Å². The van der Waals surface area contributed by atoms with E-state index in [9.17, 15) is 0 Å². The van der Waals surface area contributed by atoms with Crippen LogP contribution in [0.15, 0.2) is 43.0 Å². The maximum Gasteiger partial charge on any atom is 0.0475 e. The van der Waals surface area contributed by atoms with Gasteiger partial charge in [0.2, 0.25) is 0 Å². The third-order valence-electron chi connectivity index (χ3n) is 4.65. The first-order valence-electron chi connectivity index (χ1n) is 7.75. The molecule has 2 heteroatoms. The minimum atomic E-state index is 0.218. The van der Waals surface area contributed by atoms with Crippen LogP contribution < -0.4 is 5.32 Å². The van der Waals surface area contributed by atoms with E-state index in [1.165, 1.54) is 18.4 Å². The number of likely N-dealkylation sites (N-methyl/N-ethyl adjacent to an activating group) is 1. The van der Waals surface area contributed by atoms with Gasteiger partial charge < -0.3 is 10.1 Å². The molecule has 1 saturated heterocycles. The molecule has 110 valence electrons. The average molecular weight is 273 g/mol. The number of ether oxygens (including phenoxy) is 1. The quantitative estimate of drug-likeness (QED) is 0.604. The Hall–Kier alpha value is -1.12. The second-order valence-electron chi connectivity index (χ2n) is 5.70. The maximum absolute atomic E-state index is 5.62. The molecule has 0 aliphatic carbocycles. The normalized spacial score (nSPS) is 19.4. The van der Waals surface area contributed by atoms with Crippen molar-refractivity contribution in [2.45, 2.75) is 43.6 Å². The van der Waals surface area contributed by atoms with E-state index in [-0.39, 0.29) is 5.41 Å². The highest BCUT2D eigenvalue weighted by atomic mass is 16.5. The van der Waals surface area contributed by atoms with E-state index >= 15 is 0 Å². The molecule has 0 bridgehead atoms. The molecule has 20 heavy (non-hydrogen) atoms. The van der Waals surface area contributed by atoms with Gasteiger partial charge in [0.1, 0.15) is 0 Å². The number of rotatable bonds is 7. The van der Waals surface area contributed by atoms with Crippen LogP contribution in [0.5, 0.6) is 0 Å². The van der Waals surface area contributed by atoms with Crippen molar-refractivity contribution in [1.82, 2.24) is 5.32 Å². The monoisotopic (exact) mass is 273 g/mol. The van der Waals surface area contributed by atoms with Crippen molar-refractivity contribution in [3.8, 4) is 0 Å². The fourth-order valence-corrected chi connectivity index (χ4v) is 3.51. The van der Waals surface area contributed by atoms with E-state index in [1.807, 2.05) is 6.08 Å². The number of unbranched alkanes of at least 4 members (excludes halogenated alkanes) is 1. The van der Waals surface area contributed by atoms with Gasteiger partial charge in [-0.05, 0) is 44.7 Å². The molecule has 0 amide bonds. The van der Waals surface area contributed by atoms with Gasteiger partial charge in [0, 0.05) is 24.7 Å². The zero-order valence-electron chi connectivity index (χ0n) is 12.6. The van der Waals surface area contributed by atoms with Crippen LogP contribution in [0.25, 0.3) is 0 Å². The molecule has 0 aromatic heterocycles. The topological polar surface area (TPSA) is 21.3 Å². The van der Waals surface area contributed by atoms with Gasteiger partial charge in [-0.3, -0.25) is 0 Å². The molecule has 2 rings (SSSR count). The van der Waals surface area contributed by atoms with Gasteiger partial charge in [-0.15, -0.1) is 6.58 Å². The molecule has 1 aliphatic rings. The Balaban J connectivity index is 2.23. The smallest absolute Gasteiger partial charge is 0.0475 e. The van der Waals surface area contributed by atoms with Crippen molar-refractivity contribution in [2.24, 2.45) is 0 Å². The molecular weight excluding hydrogens is 246 g/mol. The minimum Gasteiger partial charge on any atom is -0.381 e. The summed E-state index contributed by atoms with van der Waals surface area (Å²) in [5.74, 6) is 0. The minimum absolute atomic E-state index is 0.218. The van der Waals surface area contributed by atoms with E-state index in [2.05, 4.69) is 49.3 Å². The van der Waals surface area contributed by atoms with Crippen molar-refractivity contribution < 1.29 is 4.74 Å². The van der Waals surface area contributed by atoms with Gasteiger partial charge in [0.25, 0.3) is 0 Å². The van der Waals surface area contributed by atoms with E-state index in [0.29, 0.717) is 6.04 Å². The van der Waals surface area contributed by atoms with Crippen LogP contribution in [0.1, 0.15) is 37.7 Å². The number of hydrogen-bond acceptors (Lipinski definition) is 2. The van der Waals surface area contributed by atoms with Gasteiger partial charge >= 0.3 is 0 Å². The second-order valence-corrected chi connectivity index (χ2v) is 5.70. The summed E-state index contributed by atoms with van der Waals surface area (Å²) in [6, 6.07) is 11.5. The van der Waals surface area contributed by atoms with Gasteiger partial charge in [-0.1, -0.05) is 36.4 Å². The predicted octanol–water partition coefficient (Wildman–Crippen LogP) is 3.68. The number of allylic oxidation sites excluding steroid dienone is 1. The van der Waals surface area contributed by atoms with Crippen molar-refractivity contribution >= 4 is 0 Å². The molecule has 1 aromatic rings. The summed E-state index contributed by atoms with van der Waals surface area (Å²) in [5, 5.41) is 3.58. The van der Waals surface area contributed by atoms with Gasteiger partial charge in [-0.2, -0.15) is 0 Å². The number of nitrogens with one attached hydrogen (secondary N) is 1. The molecule has 0 spiro atoms. The molecule has 0 saturated carbocycles. The first-order chi connectivity index (χ1) is 9.83. The Labute approximate surface area is 123 Å². The lowest BCUT2D eigenvalue weighted by Gasteiger charge is -2.44. The lowest BCUT2D eigenvalue weighted by atomic mass is 9.67. The van der Waals surface area contributed by atoms with E-state index in [1.54, 1.807) is 0 Å². The van der Waals surface area contributed by atoms with Crippen LogP contribution in [-0.4, -0.2) is 26.3 Å². The SMILES string of the molecule is C=CCCCC(NC)C1(c2ccccc2)CCOCC1. The third kappa shape index (κ3) is 3.31. The van der Waals surface area contributed by atoms with Crippen molar-refractivity contribution in [3.63, 3.8) is 0 Å². The molecule has 1 aliphatic heterocycles. The molecule has 1 fully saturated rings. The molecular formula is C18H27NO. The molecule has 1 heterocycles. The van der Waals surface area contributed by atoms with Gasteiger partial charge in [0.15, 0.2) is 0 Å². The zero-order valence-corrected chi connectivity index (χ0v) is 12.6. The fourth-order valence-electron chi connectivity index (χ4n) is 3.51. The molecule has 1 unspecified atom stereocenters. The summed E-state index contributed by atoms with van der Waals surface area (Å²) in [7, 11) is 2.10. The molecule has 1 N–H and O–H groups in total. The first-order valence-corrected chi connectivity index (χ1v) is 7.75. The zero-order chi connectivity index (χ0) is 14.3. The molecule has 1 aromatic carbocycles. The highest BCUT2D eigenvalue weighted by molar-refractivity contribution is 5.28. The summed E-state index contributed by atoms with van der Waals surface area (Å²) in [6.45, 7) is 5.57. The molecule has 1 atom stereocenters. The Bertz CT molecular complexity index is 395.